The van der Waals surface area contributed by atoms with Crippen molar-refractivity contribution < 1.29 is 4.79 Å². The number of hydrogen-bond donors (Lipinski definition) is 1. The van der Waals surface area contributed by atoms with Crippen LogP contribution >= 0.6 is 0 Å². The molecular formula is C19H29N3O. The lowest BCUT2D eigenvalue weighted by Crippen LogP contribution is -2.46. The molecule has 0 radical (unpaired) electrons. The second kappa shape index (κ2) is 7.35. The van der Waals surface area contributed by atoms with Gasteiger partial charge in [-0.15, -0.1) is 0 Å². The van der Waals surface area contributed by atoms with Crippen LogP contribution in [0.15, 0.2) is 24.3 Å². The Hall–Kier alpha value is -1.55. The number of para-hydroxylation sites is 1. The van der Waals surface area contributed by atoms with Gasteiger partial charge in [-0.2, -0.15) is 0 Å². The molecule has 2 unspecified atom stereocenters. The van der Waals surface area contributed by atoms with Crippen molar-refractivity contribution in [3.05, 3.63) is 29.8 Å². The Morgan fingerprint density at radius 3 is 2.78 bits per heavy atom. The summed E-state index contributed by atoms with van der Waals surface area (Å²) in [7, 11) is 0. The maximum absolute atomic E-state index is 12.8. The topological polar surface area (TPSA) is 49.6 Å². The maximum atomic E-state index is 12.8. The zero-order valence-electron chi connectivity index (χ0n) is 14.2. The molecule has 2 N–H and O–H groups in total. The van der Waals surface area contributed by atoms with E-state index >= 15 is 0 Å². The smallest absolute Gasteiger partial charge is 0.255 e. The van der Waals surface area contributed by atoms with Crippen LogP contribution in [0.5, 0.6) is 0 Å². The first-order chi connectivity index (χ1) is 11.1. The molecule has 1 aromatic rings. The number of carbonyl (C=O) groups excluding carboxylic acids is 1. The van der Waals surface area contributed by atoms with Crippen molar-refractivity contribution in [2.45, 2.75) is 45.1 Å². The number of hydrogen-bond acceptors (Lipinski definition) is 3. The van der Waals surface area contributed by atoms with Crippen LogP contribution < -0.4 is 5.73 Å². The highest BCUT2D eigenvalue weighted by molar-refractivity contribution is 5.99. The van der Waals surface area contributed by atoms with Crippen molar-refractivity contribution in [3.8, 4) is 0 Å². The highest BCUT2D eigenvalue weighted by atomic mass is 16.2. The first-order valence-electron chi connectivity index (χ1n) is 9.03. The van der Waals surface area contributed by atoms with Crippen LogP contribution in [0.3, 0.4) is 0 Å². The number of benzene rings is 1. The van der Waals surface area contributed by atoms with Crippen LogP contribution in [0.1, 0.15) is 49.4 Å². The van der Waals surface area contributed by atoms with Crippen molar-refractivity contribution in [3.63, 3.8) is 0 Å². The third kappa shape index (κ3) is 3.86. The second-order valence-corrected chi connectivity index (χ2v) is 7.19. The molecule has 0 saturated carbocycles. The van der Waals surface area contributed by atoms with Crippen molar-refractivity contribution in [1.29, 1.82) is 0 Å². The molecule has 1 amide bonds. The van der Waals surface area contributed by atoms with Gasteiger partial charge in [-0.05, 0) is 57.2 Å². The summed E-state index contributed by atoms with van der Waals surface area (Å²) >= 11 is 0. The van der Waals surface area contributed by atoms with E-state index in [1.54, 1.807) is 0 Å². The van der Waals surface area contributed by atoms with E-state index in [-0.39, 0.29) is 5.91 Å². The Kier molecular flexibility index (Phi) is 5.21. The number of carbonyl (C=O) groups is 1. The normalized spacial score (nSPS) is 26.2. The predicted molar refractivity (Wildman–Crippen MR) is 94.4 cm³/mol. The number of nitrogens with zero attached hydrogens (tertiary/aromatic N) is 2. The molecule has 2 fully saturated rings. The average molecular weight is 315 g/mol. The lowest BCUT2D eigenvalue weighted by atomic mass is 9.94. The zero-order chi connectivity index (χ0) is 16.2. The van der Waals surface area contributed by atoms with Gasteiger partial charge in [-0.3, -0.25) is 4.79 Å². The fraction of sp³-hybridized carbons (Fsp3) is 0.632. The number of likely N-dealkylation sites (tertiary alicyclic amines) is 2. The number of nitrogen functional groups attached to an aromatic ring is 1. The number of rotatable bonds is 3. The first-order valence-corrected chi connectivity index (χ1v) is 9.03. The molecule has 2 aliphatic heterocycles. The molecule has 2 aliphatic rings. The van der Waals surface area contributed by atoms with Gasteiger partial charge in [0.05, 0.1) is 5.56 Å². The van der Waals surface area contributed by atoms with E-state index < -0.39 is 0 Å². The summed E-state index contributed by atoms with van der Waals surface area (Å²) in [6, 6.07) is 8.11. The van der Waals surface area contributed by atoms with E-state index in [1.165, 1.54) is 32.2 Å². The molecule has 23 heavy (non-hydrogen) atoms. The monoisotopic (exact) mass is 315 g/mol. The van der Waals surface area contributed by atoms with Gasteiger partial charge in [-0.25, -0.2) is 0 Å². The van der Waals surface area contributed by atoms with E-state index in [4.69, 9.17) is 5.73 Å². The van der Waals surface area contributed by atoms with Crippen molar-refractivity contribution in [1.82, 2.24) is 9.80 Å². The van der Waals surface area contributed by atoms with E-state index in [0.717, 1.165) is 26.1 Å². The summed E-state index contributed by atoms with van der Waals surface area (Å²) in [5, 5.41) is 0. The molecule has 0 aliphatic carbocycles. The van der Waals surface area contributed by atoms with Gasteiger partial charge in [0.2, 0.25) is 0 Å². The Morgan fingerprint density at radius 2 is 2.00 bits per heavy atom. The van der Waals surface area contributed by atoms with Crippen LogP contribution in [0.25, 0.3) is 0 Å². The van der Waals surface area contributed by atoms with Gasteiger partial charge in [0, 0.05) is 31.4 Å². The third-order valence-corrected chi connectivity index (χ3v) is 5.43. The summed E-state index contributed by atoms with van der Waals surface area (Å²) in [6.07, 6.45) is 6.33. The van der Waals surface area contributed by atoms with E-state index in [1.807, 2.05) is 29.2 Å². The Balaban J connectivity index is 1.62. The van der Waals surface area contributed by atoms with Crippen molar-refractivity contribution in [2.24, 2.45) is 5.92 Å². The third-order valence-electron chi connectivity index (χ3n) is 5.43. The highest BCUT2D eigenvalue weighted by Crippen LogP contribution is 2.24. The van der Waals surface area contributed by atoms with Gasteiger partial charge in [-0.1, -0.05) is 18.6 Å². The van der Waals surface area contributed by atoms with E-state index in [0.29, 0.717) is 23.2 Å². The lowest BCUT2D eigenvalue weighted by Gasteiger charge is -2.39. The molecule has 0 aromatic heterocycles. The molecule has 2 heterocycles. The van der Waals surface area contributed by atoms with Crippen LogP contribution in [0.4, 0.5) is 5.69 Å². The quantitative estimate of drug-likeness (QED) is 0.872. The van der Waals surface area contributed by atoms with E-state index in [9.17, 15) is 4.79 Å². The summed E-state index contributed by atoms with van der Waals surface area (Å²) < 4.78 is 0. The molecule has 0 bridgehead atoms. The van der Waals surface area contributed by atoms with Crippen molar-refractivity contribution in [2.75, 3.05) is 31.9 Å². The second-order valence-electron chi connectivity index (χ2n) is 7.19. The fourth-order valence-electron chi connectivity index (χ4n) is 4.02. The molecular weight excluding hydrogens is 286 g/mol. The SMILES string of the molecule is CC1CCCCN1CC1CCCN(C(=O)c2ccccc2N)C1. The number of anilines is 1. The number of nitrogens with two attached hydrogens (primary N) is 1. The summed E-state index contributed by atoms with van der Waals surface area (Å²) in [5.74, 6) is 0.692. The van der Waals surface area contributed by atoms with Crippen LogP contribution in [0.2, 0.25) is 0 Å². The lowest BCUT2D eigenvalue weighted by molar-refractivity contribution is 0.0595. The van der Waals surface area contributed by atoms with Gasteiger partial charge in [0.25, 0.3) is 5.91 Å². The number of piperidine rings is 2. The summed E-state index contributed by atoms with van der Waals surface area (Å²) in [6.45, 7) is 6.43. The molecule has 1 aromatic carbocycles. The Morgan fingerprint density at radius 1 is 1.17 bits per heavy atom. The molecule has 0 spiro atoms. The van der Waals surface area contributed by atoms with Gasteiger partial charge in [0.15, 0.2) is 0 Å². The minimum absolute atomic E-state index is 0.0968. The Labute approximate surface area is 139 Å². The average Bonchev–Trinajstić information content (AvgIpc) is 2.57. The summed E-state index contributed by atoms with van der Waals surface area (Å²) in [4.78, 5) is 17.4. The maximum Gasteiger partial charge on any atom is 0.255 e. The minimum atomic E-state index is 0.0968. The summed E-state index contributed by atoms with van der Waals surface area (Å²) in [5.41, 5.74) is 7.21. The van der Waals surface area contributed by atoms with Gasteiger partial charge < -0.3 is 15.5 Å². The molecule has 4 heteroatoms. The fourth-order valence-corrected chi connectivity index (χ4v) is 4.02. The predicted octanol–water partition coefficient (Wildman–Crippen LogP) is 3.00. The minimum Gasteiger partial charge on any atom is -0.398 e. The van der Waals surface area contributed by atoms with Gasteiger partial charge in [0.1, 0.15) is 0 Å². The molecule has 126 valence electrons. The number of amides is 1. The van der Waals surface area contributed by atoms with E-state index in [2.05, 4.69) is 11.8 Å². The van der Waals surface area contributed by atoms with Crippen molar-refractivity contribution >= 4 is 11.6 Å². The largest absolute Gasteiger partial charge is 0.398 e. The molecule has 2 saturated heterocycles. The molecule has 3 rings (SSSR count). The highest BCUT2D eigenvalue weighted by Gasteiger charge is 2.28. The first kappa shape index (κ1) is 16.3. The standard InChI is InChI=1S/C19H29N3O/c1-15-7-4-5-11-21(15)13-16-8-6-12-22(14-16)19(23)17-9-2-3-10-18(17)20/h2-3,9-10,15-16H,4-8,11-14,20H2,1H3. The van der Waals surface area contributed by atoms with Gasteiger partial charge >= 0.3 is 0 Å². The van der Waals surface area contributed by atoms with Crippen LogP contribution in [-0.4, -0.2) is 47.9 Å². The molecule has 2 atom stereocenters. The van der Waals surface area contributed by atoms with Crippen LogP contribution in [0, 0.1) is 5.92 Å². The molecule has 4 nitrogen and oxygen atoms in total. The zero-order valence-corrected chi connectivity index (χ0v) is 14.2. The van der Waals surface area contributed by atoms with Crippen LogP contribution in [-0.2, 0) is 0 Å². The Bertz CT molecular complexity index is 545.